The molecule has 0 radical (unpaired) electrons. The van der Waals surface area contributed by atoms with Crippen LogP contribution in [0.5, 0.6) is 11.5 Å². The van der Waals surface area contributed by atoms with Gasteiger partial charge in [-0.3, -0.25) is 4.79 Å². The van der Waals surface area contributed by atoms with E-state index in [4.69, 9.17) is 21.1 Å². The van der Waals surface area contributed by atoms with Crippen LogP contribution >= 0.6 is 11.6 Å². The zero-order valence-electron chi connectivity index (χ0n) is 17.1. The van der Waals surface area contributed by atoms with Gasteiger partial charge in [0.1, 0.15) is 18.2 Å². The summed E-state index contributed by atoms with van der Waals surface area (Å²) in [5, 5.41) is 4.52. The third-order valence-corrected chi connectivity index (χ3v) is 6.35. The normalized spacial score (nSPS) is 17.8. The van der Waals surface area contributed by atoms with Gasteiger partial charge in [0.25, 0.3) is 5.56 Å². The number of anilines is 1. The van der Waals surface area contributed by atoms with E-state index in [9.17, 15) is 4.79 Å². The van der Waals surface area contributed by atoms with E-state index in [2.05, 4.69) is 20.0 Å². The van der Waals surface area contributed by atoms with Crippen LogP contribution < -0.4 is 19.9 Å². The number of para-hydroxylation sites is 2. The molecule has 0 unspecified atom stereocenters. The van der Waals surface area contributed by atoms with Gasteiger partial charge in [0.15, 0.2) is 11.5 Å². The fourth-order valence-electron chi connectivity index (χ4n) is 4.48. The second-order valence-electron chi connectivity index (χ2n) is 7.89. The Balaban J connectivity index is 1.36. The zero-order valence-corrected chi connectivity index (χ0v) is 17.9. The highest BCUT2D eigenvalue weighted by Gasteiger charge is 2.30. The third-order valence-electron chi connectivity index (χ3n) is 5.99. The monoisotopic (exact) mass is 449 g/mol. The molecule has 1 atom stereocenters. The molecule has 2 aliphatic heterocycles. The van der Waals surface area contributed by atoms with Crippen LogP contribution in [0, 0.1) is 0 Å². The third kappa shape index (κ3) is 3.10. The van der Waals surface area contributed by atoms with Crippen molar-refractivity contribution in [3.05, 3.63) is 69.6 Å². The van der Waals surface area contributed by atoms with E-state index < -0.39 is 5.56 Å². The molecule has 2 aromatic carbocycles. The van der Waals surface area contributed by atoms with E-state index in [1.165, 1.54) is 4.68 Å². The first-order valence-electron chi connectivity index (χ1n) is 10.6. The number of aromatic nitrogens is 4. The summed E-state index contributed by atoms with van der Waals surface area (Å²) in [5.74, 6) is 1.86. The van der Waals surface area contributed by atoms with Gasteiger partial charge >= 0.3 is 0 Å². The molecule has 9 heteroatoms. The number of nitrogens with one attached hydrogen (secondary N) is 1. The van der Waals surface area contributed by atoms with Crippen molar-refractivity contribution in [2.24, 2.45) is 0 Å². The molecule has 4 aromatic rings. The second-order valence-corrected chi connectivity index (χ2v) is 8.27. The lowest BCUT2D eigenvalue weighted by Gasteiger charge is -2.28. The van der Waals surface area contributed by atoms with Crippen molar-refractivity contribution in [3.8, 4) is 17.4 Å². The van der Waals surface area contributed by atoms with Gasteiger partial charge in [0.05, 0.1) is 29.0 Å². The van der Waals surface area contributed by atoms with Crippen molar-refractivity contribution in [1.82, 2.24) is 19.7 Å². The number of rotatable bonds is 3. The molecule has 0 bridgehead atoms. The first kappa shape index (κ1) is 19.2. The lowest BCUT2D eigenvalue weighted by atomic mass is 10.0. The lowest BCUT2D eigenvalue weighted by molar-refractivity contribution is 0.171. The number of imidazole rings is 1. The minimum absolute atomic E-state index is 0.0755. The number of nitrogens with zero attached hydrogens (tertiary/aromatic N) is 4. The molecular weight excluding hydrogens is 430 g/mol. The fourth-order valence-corrected chi connectivity index (χ4v) is 4.72. The predicted molar refractivity (Wildman–Crippen MR) is 121 cm³/mol. The molecule has 4 heterocycles. The number of hydrogen-bond acceptors (Lipinski definition) is 6. The number of ether oxygens (including phenoxy) is 2. The summed E-state index contributed by atoms with van der Waals surface area (Å²) in [6, 6.07) is 13.7. The van der Waals surface area contributed by atoms with Gasteiger partial charge in [-0.25, -0.2) is 4.98 Å². The van der Waals surface area contributed by atoms with E-state index in [0.29, 0.717) is 24.8 Å². The highest BCUT2D eigenvalue weighted by molar-refractivity contribution is 6.33. The Kier molecular flexibility index (Phi) is 4.53. The van der Waals surface area contributed by atoms with Gasteiger partial charge in [-0.05, 0) is 42.7 Å². The Morgan fingerprint density at radius 1 is 1.09 bits per heavy atom. The average Bonchev–Trinajstić information content (AvgIpc) is 3.47. The molecule has 0 amide bonds. The molecule has 0 saturated carbocycles. The van der Waals surface area contributed by atoms with Gasteiger partial charge in [0.2, 0.25) is 5.95 Å². The largest absolute Gasteiger partial charge is 0.486 e. The topological polar surface area (TPSA) is 85.3 Å². The van der Waals surface area contributed by atoms with Crippen LogP contribution in [-0.2, 0) is 0 Å². The Labute approximate surface area is 188 Å². The van der Waals surface area contributed by atoms with Gasteiger partial charge in [0, 0.05) is 6.54 Å². The van der Waals surface area contributed by atoms with Crippen LogP contribution in [0.4, 0.5) is 5.69 Å². The molecule has 0 spiro atoms. The van der Waals surface area contributed by atoms with Crippen LogP contribution in [0.25, 0.3) is 17.0 Å². The number of halogens is 1. The maximum atomic E-state index is 13.1. The Morgan fingerprint density at radius 3 is 2.81 bits per heavy atom. The summed E-state index contributed by atoms with van der Waals surface area (Å²) in [6.45, 7) is 1.89. The molecule has 162 valence electrons. The number of aromatic amines is 1. The van der Waals surface area contributed by atoms with Crippen LogP contribution in [0.1, 0.15) is 24.4 Å². The predicted octanol–water partition coefficient (Wildman–Crippen LogP) is 3.87. The fraction of sp³-hybridized carbons (Fsp3) is 0.261. The highest BCUT2D eigenvalue weighted by Crippen LogP contribution is 2.41. The van der Waals surface area contributed by atoms with Crippen LogP contribution in [0.15, 0.2) is 53.5 Å². The first-order chi connectivity index (χ1) is 15.7. The summed E-state index contributed by atoms with van der Waals surface area (Å²) >= 11 is 6.59. The Hall–Kier alpha value is -3.52. The van der Waals surface area contributed by atoms with E-state index in [0.717, 1.165) is 47.5 Å². The van der Waals surface area contributed by atoms with Crippen molar-refractivity contribution in [2.75, 3.05) is 24.7 Å². The summed E-state index contributed by atoms with van der Waals surface area (Å²) < 4.78 is 12.6. The SMILES string of the molecule is O=c1c(Cl)c(N2CCC[C@@H]2c2ccc3c(c2)OCCO3)cnn1-c1nc2ccccc2[nH]1. The van der Waals surface area contributed by atoms with E-state index in [1.54, 1.807) is 6.20 Å². The highest BCUT2D eigenvalue weighted by atomic mass is 35.5. The molecule has 2 aliphatic rings. The minimum atomic E-state index is -0.406. The molecule has 32 heavy (non-hydrogen) atoms. The summed E-state index contributed by atoms with van der Waals surface area (Å²) in [4.78, 5) is 22.8. The van der Waals surface area contributed by atoms with Gasteiger partial charge in [-0.2, -0.15) is 9.78 Å². The Morgan fingerprint density at radius 2 is 1.94 bits per heavy atom. The molecule has 6 rings (SSSR count). The Bertz CT molecular complexity index is 1350. The van der Waals surface area contributed by atoms with Gasteiger partial charge in [-0.15, -0.1) is 0 Å². The summed E-state index contributed by atoms with van der Waals surface area (Å²) in [7, 11) is 0. The lowest BCUT2D eigenvalue weighted by Crippen LogP contribution is -2.29. The number of fused-ring (bicyclic) bond motifs is 2. The number of hydrogen-bond donors (Lipinski definition) is 1. The number of benzene rings is 2. The average molecular weight is 450 g/mol. The van der Waals surface area contributed by atoms with Crippen LogP contribution in [-0.4, -0.2) is 39.5 Å². The van der Waals surface area contributed by atoms with E-state index >= 15 is 0 Å². The molecule has 8 nitrogen and oxygen atoms in total. The molecular formula is C23H20ClN5O3. The molecule has 1 fully saturated rings. The first-order valence-corrected chi connectivity index (χ1v) is 11.0. The molecule has 0 aliphatic carbocycles. The quantitative estimate of drug-likeness (QED) is 0.511. The molecule has 1 saturated heterocycles. The van der Waals surface area contributed by atoms with Crippen molar-refractivity contribution in [3.63, 3.8) is 0 Å². The van der Waals surface area contributed by atoms with Crippen molar-refractivity contribution in [2.45, 2.75) is 18.9 Å². The second kappa shape index (κ2) is 7.56. The summed E-state index contributed by atoms with van der Waals surface area (Å²) in [5.41, 5.74) is 2.91. The van der Waals surface area contributed by atoms with Crippen LogP contribution in [0.3, 0.4) is 0 Å². The van der Waals surface area contributed by atoms with E-state index in [1.807, 2.05) is 42.5 Å². The van der Waals surface area contributed by atoms with Crippen molar-refractivity contribution >= 4 is 28.3 Å². The number of H-pyrrole nitrogens is 1. The van der Waals surface area contributed by atoms with Gasteiger partial charge in [-0.1, -0.05) is 29.8 Å². The van der Waals surface area contributed by atoms with Crippen molar-refractivity contribution in [1.29, 1.82) is 0 Å². The minimum Gasteiger partial charge on any atom is -0.486 e. The standard InChI is InChI=1S/C23H20ClN5O3/c24-21-18(13-25-29(22(21)30)23-26-15-4-1-2-5-16(15)27-23)28-9-3-6-17(28)14-7-8-19-20(12-14)32-11-10-31-19/h1-2,4-5,7-8,12-13,17H,3,6,9-11H2,(H,26,27)/t17-/m1/s1. The van der Waals surface area contributed by atoms with Crippen LogP contribution in [0.2, 0.25) is 5.02 Å². The molecule has 1 N–H and O–H groups in total. The maximum Gasteiger partial charge on any atom is 0.295 e. The summed E-state index contributed by atoms with van der Waals surface area (Å²) in [6.07, 6.45) is 3.58. The van der Waals surface area contributed by atoms with Crippen molar-refractivity contribution < 1.29 is 9.47 Å². The smallest absolute Gasteiger partial charge is 0.295 e. The zero-order chi connectivity index (χ0) is 21.7. The van der Waals surface area contributed by atoms with Gasteiger partial charge < -0.3 is 19.4 Å². The maximum absolute atomic E-state index is 13.1. The van der Waals surface area contributed by atoms with E-state index in [-0.39, 0.29) is 11.1 Å². The molecule has 2 aromatic heterocycles.